The molecule has 2 heteroatoms. The smallest absolute Gasteiger partial charge is 0.0408 e. The van der Waals surface area contributed by atoms with Gasteiger partial charge in [0.15, 0.2) is 0 Å². The summed E-state index contributed by atoms with van der Waals surface area (Å²) in [7, 11) is 0. The maximum atomic E-state index is 5.96. The van der Waals surface area contributed by atoms with Crippen LogP contribution in [0.3, 0.4) is 0 Å². The highest BCUT2D eigenvalue weighted by atomic mass is 35.5. The van der Waals surface area contributed by atoms with Crippen molar-refractivity contribution in [3.8, 4) is 0 Å². The summed E-state index contributed by atoms with van der Waals surface area (Å²) in [5, 5.41) is 4.29. The quantitative estimate of drug-likeness (QED) is 0.794. The van der Waals surface area contributed by atoms with E-state index in [4.69, 9.17) is 11.6 Å². The molecule has 1 atom stereocenters. The van der Waals surface area contributed by atoms with Gasteiger partial charge in [0.2, 0.25) is 0 Å². The minimum Gasteiger partial charge on any atom is -0.315 e. The lowest BCUT2D eigenvalue weighted by Gasteiger charge is -2.13. The van der Waals surface area contributed by atoms with Gasteiger partial charge in [-0.3, -0.25) is 0 Å². The molecule has 0 heterocycles. The molecule has 1 N–H and O–H groups in total. The van der Waals surface area contributed by atoms with Crippen LogP contribution in [-0.2, 0) is 6.42 Å². The minimum absolute atomic E-state index is 0.582. The van der Waals surface area contributed by atoms with E-state index in [1.165, 1.54) is 12.0 Å². The molecule has 0 aliphatic rings. The summed E-state index contributed by atoms with van der Waals surface area (Å²) >= 11 is 5.96. The first kappa shape index (κ1) is 13.5. The molecule has 0 saturated heterocycles. The lowest BCUT2D eigenvalue weighted by molar-refractivity contribution is 0.476. The van der Waals surface area contributed by atoms with Crippen molar-refractivity contribution in [2.45, 2.75) is 39.7 Å². The van der Waals surface area contributed by atoms with Crippen molar-refractivity contribution >= 4 is 11.6 Å². The van der Waals surface area contributed by atoms with Crippen molar-refractivity contribution in [2.75, 3.05) is 6.54 Å². The molecule has 0 saturated carbocycles. The topological polar surface area (TPSA) is 12.0 Å². The van der Waals surface area contributed by atoms with Crippen LogP contribution in [0.2, 0.25) is 5.02 Å². The summed E-state index contributed by atoms with van der Waals surface area (Å²) < 4.78 is 0. The summed E-state index contributed by atoms with van der Waals surface area (Å²) in [6.45, 7) is 7.76. The van der Waals surface area contributed by atoms with E-state index < -0.39 is 0 Å². The van der Waals surface area contributed by atoms with Crippen LogP contribution in [0, 0.1) is 5.92 Å². The minimum atomic E-state index is 0.582. The molecule has 0 aliphatic carbocycles. The fraction of sp³-hybridized carbons (Fsp3) is 0.571. The second-order valence-electron chi connectivity index (χ2n) is 4.84. The third-order valence-electron chi connectivity index (χ3n) is 2.66. The Morgan fingerprint density at radius 3 is 2.62 bits per heavy atom. The Bertz CT molecular complexity index is 309. The van der Waals surface area contributed by atoms with Gasteiger partial charge >= 0.3 is 0 Å². The molecule has 0 spiro atoms. The Labute approximate surface area is 104 Å². The summed E-state index contributed by atoms with van der Waals surface area (Å²) in [6, 6.07) is 8.75. The lowest BCUT2D eigenvalue weighted by atomic mass is 9.98. The van der Waals surface area contributed by atoms with Crippen LogP contribution in [0.25, 0.3) is 0 Å². The maximum Gasteiger partial charge on any atom is 0.0408 e. The molecule has 0 radical (unpaired) electrons. The van der Waals surface area contributed by atoms with Gasteiger partial charge in [0.25, 0.3) is 0 Å². The summed E-state index contributed by atoms with van der Waals surface area (Å²) in [5.74, 6) is 0.699. The Morgan fingerprint density at radius 2 is 2.00 bits per heavy atom. The molecule has 1 aromatic carbocycles. The van der Waals surface area contributed by atoms with Crippen LogP contribution < -0.4 is 5.32 Å². The number of halogens is 1. The molecule has 1 rings (SSSR count). The van der Waals surface area contributed by atoms with Gasteiger partial charge in [-0.15, -0.1) is 0 Å². The third-order valence-corrected chi connectivity index (χ3v) is 2.90. The molecular formula is C14H22ClN. The molecule has 0 aromatic heterocycles. The highest BCUT2D eigenvalue weighted by Crippen LogP contribution is 2.15. The first-order valence-corrected chi connectivity index (χ1v) is 6.43. The Hall–Kier alpha value is -0.530. The Kier molecular flexibility index (Phi) is 5.86. The second-order valence-corrected chi connectivity index (χ2v) is 5.27. The van der Waals surface area contributed by atoms with Crippen molar-refractivity contribution in [1.29, 1.82) is 0 Å². The highest BCUT2D eigenvalue weighted by Gasteiger charge is 2.04. The van der Waals surface area contributed by atoms with Gasteiger partial charge < -0.3 is 5.32 Å². The molecule has 1 nitrogen and oxygen atoms in total. The van der Waals surface area contributed by atoms with E-state index in [9.17, 15) is 0 Å². The van der Waals surface area contributed by atoms with Gasteiger partial charge in [-0.05, 0) is 43.0 Å². The van der Waals surface area contributed by atoms with Crippen LogP contribution >= 0.6 is 11.6 Å². The number of nitrogens with one attached hydrogen (secondary N) is 1. The van der Waals surface area contributed by atoms with Crippen LogP contribution in [0.15, 0.2) is 24.3 Å². The number of hydrogen-bond donors (Lipinski definition) is 1. The molecule has 1 aromatic rings. The first-order chi connectivity index (χ1) is 7.58. The van der Waals surface area contributed by atoms with Crippen molar-refractivity contribution in [3.63, 3.8) is 0 Å². The zero-order valence-corrected chi connectivity index (χ0v) is 11.2. The molecule has 16 heavy (non-hydrogen) atoms. The van der Waals surface area contributed by atoms with Crippen LogP contribution in [0.1, 0.15) is 32.8 Å². The average molecular weight is 240 g/mol. The second kappa shape index (κ2) is 6.93. The van der Waals surface area contributed by atoms with Crippen molar-refractivity contribution in [1.82, 2.24) is 5.32 Å². The van der Waals surface area contributed by atoms with E-state index in [0.717, 1.165) is 18.0 Å². The van der Waals surface area contributed by atoms with Gasteiger partial charge in [0, 0.05) is 11.1 Å². The van der Waals surface area contributed by atoms with E-state index in [2.05, 4.69) is 38.2 Å². The van der Waals surface area contributed by atoms with Crippen molar-refractivity contribution in [2.24, 2.45) is 5.92 Å². The average Bonchev–Trinajstić information content (AvgIpc) is 2.16. The molecular weight excluding hydrogens is 218 g/mol. The zero-order valence-electron chi connectivity index (χ0n) is 10.5. The number of rotatable bonds is 6. The van der Waals surface area contributed by atoms with Gasteiger partial charge in [-0.1, -0.05) is 44.5 Å². The van der Waals surface area contributed by atoms with E-state index in [0.29, 0.717) is 12.0 Å². The summed E-state index contributed by atoms with van der Waals surface area (Å²) in [6.07, 6.45) is 2.32. The van der Waals surface area contributed by atoms with E-state index in [-0.39, 0.29) is 0 Å². The molecule has 0 bridgehead atoms. The van der Waals surface area contributed by atoms with Crippen molar-refractivity contribution < 1.29 is 0 Å². The monoisotopic (exact) mass is 239 g/mol. The largest absolute Gasteiger partial charge is 0.315 e. The Balaban J connectivity index is 2.31. The predicted molar refractivity (Wildman–Crippen MR) is 72.1 cm³/mol. The van der Waals surface area contributed by atoms with Gasteiger partial charge in [-0.25, -0.2) is 0 Å². The van der Waals surface area contributed by atoms with E-state index in [1.807, 2.05) is 12.1 Å². The van der Waals surface area contributed by atoms with Gasteiger partial charge in [0.1, 0.15) is 0 Å². The first-order valence-electron chi connectivity index (χ1n) is 6.05. The fourth-order valence-corrected chi connectivity index (χ4v) is 2.00. The Morgan fingerprint density at radius 1 is 1.25 bits per heavy atom. The van der Waals surface area contributed by atoms with E-state index in [1.54, 1.807) is 0 Å². The normalized spacial score (nSPS) is 13.1. The van der Waals surface area contributed by atoms with Crippen molar-refractivity contribution in [3.05, 3.63) is 34.9 Å². The van der Waals surface area contributed by atoms with Crippen LogP contribution in [0.4, 0.5) is 0 Å². The number of hydrogen-bond acceptors (Lipinski definition) is 1. The zero-order chi connectivity index (χ0) is 12.0. The van der Waals surface area contributed by atoms with E-state index >= 15 is 0 Å². The summed E-state index contributed by atoms with van der Waals surface area (Å²) in [4.78, 5) is 0. The molecule has 0 amide bonds. The highest BCUT2D eigenvalue weighted by molar-refractivity contribution is 6.30. The summed E-state index contributed by atoms with van der Waals surface area (Å²) in [5.41, 5.74) is 1.34. The molecule has 1 unspecified atom stereocenters. The van der Waals surface area contributed by atoms with Crippen LogP contribution in [0.5, 0.6) is 0 Å². The van der Waals surface area contributed by atoms with Gasteiger partial charge in [0.05, 0.1) is 0 Å². The lowest BCUT2D eigenvalue weighted by Crippen LogP contribution is -2.25. The standard InChI is InChI=1S/C14H22ClN/c1-11(2)16-8-7-12(3)9-13-5-4-6-14(15)10-13/h4-6,10-12,16H,7-9H2,1-3H3. The molecule has 0 fully saturated rings. The van der Waals surface area contributed by atoms with Crippen LogP contribution in [-0.4, -0.2) is 12.6 Å². The third kappa shape index (κ3) is 5.53. The molecule has 90 valence electrons. The fourth-order valence-electron chi connectivity index (χ4n) is 1.79. The SMILES string of the molecule is CC(CCNC(C)C)Cc1cccc(Cl)c1. The molecule has 0 aliphatic heterocycles. The number of benzene rings is 1. The van der Waals surface area contributed by atoms with Gasteiger partial charge in [-0.2, -0.15) is 0 Å². The predicted octanol–water partition coefficient (Wildman–Crippen LogP) is 3.91. The maximum absolute atomic E-state index is 5.96.